The van der Waals surface area contributed by atoms with E-state index in [1.165, 1.54) is 50.3 Å². The lowest BCUT2D eigenvalue weighted by Gasteiger charge is -2.25. The molecule has 1 amide bonds. The molecule has 1 aliphatic rings. The van der Waals surface area contributed by atoms with Crippen LogP contribution in [0.1, 0.15) is 83.2 Å². The molecule has 1 unspecified atom stereocenters. The average molecular weight is 413 g/mol. The Hall–Kier alpha value is -2.18. The maximum atomic E-state index is 11.3. The van der Waals surface area contributed by atoms with Gasteiger partial charge in [-0.15, -0.1) is 0 Å². The predicted octanol–water partition coefficient (Wildman–Crippen LogP) is 4.60. The number of nitrogens with zero attached hydrogens (tertiary/aromatic N) is 2. The molecule has 1 aliphatic carbocycles. The lowest BCUT2D eigenvalue weighted by atomic mass is 9.85. The van der Waals surface area contributed by atoms with Crippen molar-refractivity contribution in [2.24, 2.45) is 5.92 Å². The third-order valence-corrected chi connectivity index (χ3v) is 6.03. The normalized spacial score (nSPS) is 17.0. The number of aromatic nitrogens is 2. The zero-order valence-corrected chi connectivity index (χ0v) is 18.7. The molecule has 2 heterocycles. The van der Waals surface area contributed by atoms with E-state index in [0.717, 1.165) is 29.4 Å². The van der Waals surface area contributed by atoms with Gasteiger partial charge in [0.05, 0.1) is 11.4 Å². The van der Waals surface area contributed by atoms with Crippen molar-refractivity contribution in [2.75, 3.05) is 0 Å². The number of hydroxylamine groups is 1. The van der Waals surface area contributed by atoms with E-state index in [2.05, 4.69) is 37.4 Å². The maximum absolute atomic E-state index is 11.3. The molecule has 0 aromatic carbocycles. The van der Waals surface area contributed by atoms with Crippen molar-refractivity contribution in [1.82, 2.24) is 20.2 Å². The molecule has 0 bridgehead atoms. The second kappa shape index (κ2) is 9.75. The van der Waals surface area contributed by atoms with Gasteiger partial charge in [0.25, 0.3) is 5.91 Å². The fraction of sp³-hybridized carbons (Fsp3) is 0.583. The molecule has 2 aromatic heterocycles. The number of amides is 1. The van der Waals surface area contributed by atoms with Crippen molar-refractivity contribution >= 4 is 17.6 Å². The Morgan fingerprint density at radius 3 is 2.73 bits per heavy atom. The highest BCUT2D eigenvalue weighted by Gasteiger charge is 2.24. The Labute approximate surface area is 179 Å². The molecule has 0 spiro atoms. The smallest absolute Gasteiger partial charge is 0.267 e. The van der Waals surface area contributed by atoms with Crippen molar-refractivity contribution < 1.29 is 10.0 Å². The molecule has 6 nitrogen and oxygen atoms in total. The summed E-state index contributed by atoms with van der Waals surface area (Å²) in [5.41, 5.74) is 5.55. The molecule has 2 aromatic rings. The Morgan fingerprint density at radius 2 is 2.07 bits per heavy atom. The van der Waals surface area contributed by atoms with Gasteiger partial charge in [-0.1, -0.05) is 52.9 Å². The summed E-state index contributed by atoms with van der Waals surface area (Å²) in [5.74, 6) is 0.307. The van der Waals surface area contributed by atoms with Crippen LogP contribution in [0.5, 0.6) is 0 Å². The number of nitrogens with one attached hydrogen (secondary N) is 2. The number of carbonyl (C=O) groups excluding carboxylic acids is 1. The molecule has 0 radical (unpaired) electrons. The second-order valence-corrected chi connectivity index (χ2v) is 9.68. The number of carbonyl (C=O) groups is 1. The molecule has 1 fully saturated rings. The Bertz CT molecular complexity index is 888. The van der Waals surface area contributed by atoms with E-state index in [-0.39, 0.29) is 5.41 Å². The van der Waals surface area contributed by atoms with Crippen LogP contribution in [0.25, 0.3) is 11.7 Å². The fourth-order valence-corrected chi connectivity index (χ4v) is 4.47. The Balaban J connectivity index is 1.79. The largest absolute Gasteiger partial charge is 0.309 e. The van der Waals surface area contributed by atoms with Gasteiger partial charge in [-0.05, 0) is 43.0 Å². The lowest BCUT2D eigenvalue weighted by molar-refractivity contribution is -0.124. The van der Waals surface area contributed by atoms with Crippen molar-refractivity contribution in [3.8, 4) is 0 Å². The minimum absolute atomic E-state index is 0.0670. The van der Waals surface area contributed by atoms with Gasteiger partial charge < -0.3 is 9.72 Å². The monoisotopic (exact) mass is 412 g/mol. The quantitative estimate of drug-likeness (QED) is 0.353. The summed E-state index contributed by atoms with van der Waals surface area (Å²) < 4.78 is 2.14. The number of rotatable bonds is 7. The van der Waals surface area contributed by atoms with Gasteiger partial charge in [-0.3, -0.25) is 10.0 Å². The van der Waals surface area contributed by atoms with Gasteiger partial charge in [-0.25, -0.2) is 10.5 Å². The van der Waals surface area contributed by atoms with Gasteiger partial charge in [0.2, 0.25) is 0 Å². The van der Waals surface area contributed by atoms with Crippen LogP contribution in [-0.4, -0.2) is 26.5 Å². The summed E-state index contributed by atoms with van der Waals surface area (Å²) in [7, 11) is 0. The highest BCUT2D eigenvalue weighted by Crippen LogP contribution is 2.29. The summed E-state index contributed by atoms with van der Waals surface area (Å²) >= 11 is 0. The number of pyridine rings is 1. The second-order valence-electron chi connectivity index (χ2n) is 9.68. The summed E-state index contributed by atoms with van der Waals surface area (Å²) in [5, 5.41) is 12.4. The van der Waals surface area contributed by atoms with Gasteiger partial charge in [0.1, 0.15) is 5.65 Å². The van der Waals surface area contributed by atoms with Crippen LogP contribution in [0.15, 0.2) is 24.4 Å². The number of hydrogen-bond acceptors (Lipinski definition) is 4. The van der Waals surface area contributed by atoms with E-state index in [0.29, 0.717) is 6.04 Å². The van der Waals surface area contributed by atoms with Crippen molar-refractivity contribution in [3.63, 3.8) is 0 Å². The van der Waals surface area contributed by atoms with Gasteiger partial charge >= 0.3 is 0 Å². The Morgan fingerprint density at radius 1 is 1.33 bits per heavy atom. The topological polar surface area (TPSA) is 78.7 Å². The predicted molar refractivity (Wildman–Crippen MR) is 120 cm³/mol. The molecular formula is C24H36N4O2. The van der Waals surface area contributed by atoms with E-state index >= 15 is 0 Å². The van der Waals surface area contributed by atoms with Gasteiger partial charge in [0, 0.05) is 30.3 Å². The first kappa shape index (κ1) is 22.5. The van der Waals surface area contributed by atoms with Crippen molar-refractivity contribution in [2.45, 2.75) is 84.2 Å². The zero-order valence-electron chi connectivity index (χ0n) is 18.7. The average Bonchev–Trinajstić information content (AvgIpc) is 3.09. The lowest BCUT2D eigenvalue weighted by Crippen LogP contribution is -2.30. The van der Waals surface area contributed by atoms with Crippen LogP contribution in [0.2, 0.25) is 0 Å². The molecule has 1 saturated carbocycles. The molecule has 3 N–H and O–H groups in total. The first-order chi connectivity index (χ1) is 14.3. The van der Waals surface area contributed by atoms with E-state index < -0.39 is 5.91 Å². The first-order valence-electron chi connectivity index (χ1n) is 11.1. The maximum Gasteiger partial charge on any atom is 0.267 e. The molecule has 164 valence electrons. The third-order valence-electron chi connectivity index (χ3n) is 6.03. The highest BCUT2D eigenvalue weighted by molar-refractivity contribution is 5.90. The van der Waals surface area contributed by atoms with E-state index in [1.807, 2.05) is 18.3 Å². The zero-order chi connectivity index (χ0) is 21.7. The van der Waals surface area contributed by atoms with E-state index in [1.54, 1.807) is 11.6 Å². The van der Waals surface area contributed by atoms with Crippen LogP contribution < -0.4 is 10.8 Å². The minimum Gasteiger partial charge on any atom is -0.309 e. The highest BCUT2D eigenvalue weighted by atomic mass is 16.5. The van der Waals surface area contributed by atoms with Crippen LogP contribution in [0.4, 0.5) is 0 Å². The summed E-state index contributed by atoms with van der Waals surface area (Å²) in [6, 6.07) is 4.40. The van der Waals surface area contributed by atoms with Gasteiger partial charge in [-0.2, -0.15) is 0 Å². The molecule has 0 saturated heterocycles. The number of hydrogen-bond donors (Lipinski definition) is 3. The molecule has 3 rings (SSSR count). The van der Waals surface area contributed by atoms with E-state index in [9.17, 15) is 4.79 Å². The SMILES string of the molecule is CC(CC1CCCCC1)NCc1c(C(C)(C)C)nc2cc(/C=C/C(=O)NO)ccn12. The molecular weight excluding hydrogens is 376 g/mol. The molecule has 6 heteroatoms. The number of fused-ring (bicyclic) bond motifs is 1. The first-order valence-corrected chi connectivity index (χ1v) is 11.1. The standard InChI is InChI=1S/C24H36N4O2/c1-17(14-18-8-6-5-7-9-18)25-16-20-23(24(2,3)4)26-21-15-19(12-13-28(20)21)10-11-22(29)27-30/h10-13,15,17-18,25,30H,5-9,14,16H2,1-4H3,(H,27,29)/b11-10+. The fourth-order valence-electron chi connectivity index (χ4n) is 4.47. The molecule has 0 aliphatic heterocycles. The third kappa shape index (κ3) is 5.70. The summed E-state index contributed by atoms with van der Waals surface area (Å²) in [6.45, 7) is 9.65. The van der Waals surface area contributed by atoms with E-state index in [4.69, 9.17) is 10.2 Å². The summed E-state index contributed by atoms with van der Waals surface area (Å²) in [4.78, 5) is 16.2. The van der Waals surface area contributed by atoms with Crippen LogP contribution in [0.3, 0.4) is 0 Å². The van der Waals surface area contributed by atoms with Crippen LogP contribution >= 0.6 is 0 Å². The minimum atomic E-state index is -0.551. The Kier molecular flexibility index (Phi) is 7.32. The molecule has 30 heavy (non-hydrogen) atoms. The van der Waals surface area contributed by atoms with Gasteiger partial charge in [0.15, 0.2) is 0 Å². The van der Waals surface area contributed by atoms with Crippen molar-refractivity contribution in [1.29, 1.82) is 0 Å². The molecule has 1 atom stereocenters. The van der Waals surface area contributed by atoms with Crippen molar-refractivity contribution in [3.05, 3.63) is 41.4 Å². The van der Waals surface area contributed by atoms with Crippen LogP contribution in [-0.2, 0) is 16.8 Å². The summed E-state index contributed by atoms with van der Waals surface area (Å²) in [6.07, 6.45) is 13.1. The van der Waals surface area contributed by atoms with Crippen LogP contribution in [0, 0.1) is 5.92 Å². The number of imidazole rings is 1.